The minimum absolute atomic E-state index is 0.486. The van der Waals surface area contributed by atoms with Crippen LogP contribution in [0.1, 0.15) is 0 Å². The van der Waals surface area contributed by atoms with E-state index in [9.17, 15) is 8.76 Å². The van der Waals surface area contributed by atoms with Crippen LogP contribution in [0.2, 0.25) is 0 Å². The molecule has 0 bridgehead atoms. The number of nitrogens with zero attached hydrogens (tertiary/aromatic N) is 3. The SMILES string of the molecule is O=S([O-])Nc1ccc(-c2ncc3cn[nH]c3n2)cc1. The molecule has 1 atom stereocenters. The fourth-order valence-electron chi connectivity index (χ4n) is 1.66. The van der Waals surface area contributed by atoms with Crippen LogP contribution in [0, 0.1) is 0 Å². The number of benzene rings is 1. The van der Waals surface area contributed by atoms with E-state index in [2.05, 4.69) is 24.9 Å². The molecule has 0 amide bonds. The van der Waals surface area contributed by atoms with E-state index in [-0.39, 0.29) is 0 Å². The summed E-state index contributed by atoms with van der Waals surface area (Å²) in [6.45, 7) is 0. The van der Waals surface area contributed by atoms with E-state index in [1.165, 1.54) is 0 Å². The van der Waals surface area contributed by atoms with E-state index in [1.807, 2.05) is 0 Å². The molecule has 1 aromatic carbocycles. The van der Waals surface area contributed by atoms with Gasteiger partial charge in [0.05, 0.1) is 11.6 Å². The first-order valence-electron chi connectivity index (χ1n) is 5.35. The number of hydrogen-bond donors (Lipinski definition) is 2. The summed E-state index contributed by atoms with van der Waals surface area (Å²) in [7, 11) is 0. The predicted octanol–water partition coefficient (Wildman–Crippen LogP) is 1.23. The minimum Gasteiger partial charge on any atom is -0.755 e. The van der Waals surface area contributed by atoms with Crippen LogP contribution in [0.4, 0.5) is 5.69 Å². The summed E-state index contributed by atoms with van der Waals surface area (Å²) in [5, 5.41) is 7.49. The Morgan fingerprint density at radius 2 is 2.00 bits per heavy atom. The Hall–Kier alpha value is -2.32. The number of nitrogens with one attached hydrogen (secondary N) is 2. The maximum absolute atomic E-state index is 10.5. The van der Waals surface area contributed by atoms with Crippen LogP contribution < -0.4 is 4.72 Å². The first-order valence-corrected chi connectivity index (χ1v) is 6.42. The van der Waals surface area contributed by atoms with Crippen LogP contribution in [0.3, 0.4) is 0 Å². The Kier molecular flexibility index (Phi) is 2.94. The average molecular weight is 274 g/mol. The van der Waals surface area contributed by atoms with Crippen molar-refractivity contribution in [3.8, 4) is 11.4 Å². The van der Waals surface area contributed by atoms with Gasteiger partial charge in [0.1, 0.15) is 0 Å². The molecule has 8 heteroatoms. The standard InChI is InChI=1S/C11H9N5O2S/c17-19(18)16-9-3-1-7(2-4-9)10-12-5-8-6-13-15-11(8)14-10/h1-6,16H,(H,17,18)(H,12,13,14,15)/p-1. The van der Waals surface area contributed by atoms with E-state index in [1.54, 1.807) is 36.7 Å². The maximum Gasteiger partial charge on any atom is 0.161 e. The van der Waals surface area contributed by atoms with Crippen molar-refractivity contribution in [3.63, 3.8) is 0 Å². The summed E-state index contributed by atoms with van der Waals surface area (Å²) >= 11 is -2.33. The topological polar surface area (TPSA) is 107 Å². The van der Waals surface area contributed by atoms with E-state index >= 15 is 0 Å². The fourth-order valence-corrected chi connectivity index (χ4v) is 1.99. The van der Waals surface area contributed by atoms with Gasteiger partial charge in [0, 0.05) is 28.7 Å². The number of aromatic nitrogens is 4. The highest BCUT2D eigenvalue weighted by Crippen LogP contribution is 2.19. The smallest absolute Gasteiger partial charge is 0.161 e. The molecule has 3 aromatic rings. The quantitative estimate of drug-likeness (QED) is 0.698. The highest BCUT2D eigenvalue weighted by Gasteiger charge is 2.04. The number of fused-ring (bicyclic) bond motifs is 1. The van der Waals surface area contributed by atoms with Crippen molar-refractivity contribution in [3.05, 3.63) is 36.7 Å². The molecular weight excluding hydrogens is 266 g/mol. The summed E-state index contributed by atoms with van der Waals surface area (Å²) in [5.41, 5.74) is 1.94. The van der Waals surface area contributed by atoms with Crippen LogP contribution >= 0.6 is 0 Å². The van der Waals surface area contributed by atoms with Crippen LogP contribution in [0.25, 0.3) is 22.4 Å². The Morgan fingerprint density at radius 1 is 1.21 bits per heavy atom. The number of anilines is 1. The molecule has 0 saturated heterocycles. The molecule has 96 valence electrons. The molecule has 0 saturated carbocycles. The third-order valence-electron chi connectivity index (χ3n) is 2.54. The molecule has 2 heterocycles. The van der Waals surface area contributed by atoms with E-state index in [0.717, 1.165) is 10.9 Å². The molecule has 0 fully saturated rings. The fraction of sp³-hybridized carbons (Fsp3) is 0. The average Bonchev–Trinajstić information content (AvgIpc) is 2.86. The van der Waals surface area contributed by atoms with Gasteiger partial charge in [-0.25, -0.2) is 9.97 Å². The zero-order valence-corrected chi connectivity index (χ0v) is 10.3. The molecular formula is C11H8N5O2S-. The summed E-state index contributed by atoms with van der Waals surface area (Å²) in [4.78, 5) is 8.55. The second-order valence-corrected chi connectivity index (χ2v) is 4.46. The second-order valence-electron chi connectivity index (χ2n) is 3.78. The molecule has 0 aliphatic heterocycles. The van der Waals surface area contributed by atoms with Crippen LogP contribution in [-0.2, 0) is 11.3 Å². The molecule has 2 N–H and O–H groups in total. The van der Waals surface area contributed by atoms with Gasteiger partial charge in [-0.05, 0) is 24.3 Å². The van der Waals surface area contributed by atoms with Gasteiger partial charge < -0.3 is 9.27 Å². The van der Waals surface area contributed by atoms with E-state index in [4.69, 9.17) is 0 Å². The number of hydrogen-bond acceptors (Lipinski definition) is 5. The van der Waals surface area contributed by atoms with Crippen molar-refractivity contribution >= 4 is 28.0 Å². The molecule has 3 rings (SSSR count). The van der Waals surface area contributed by atoms with Gasteiger partial charge in [-0.1, -0.05) is 0 Å². The maximum atomic E-state index is 10.5. The van der Waals surface area contributed by atoms with Gasteiger partial charge in [-0.2, -0.15) is 5.10 Å². The molecule has 19 heavy (non-hydrogen) atoms. The summed E-state index contributed by atoms with van der Waals surface area (Å²) < 4.78 is 23.3. The van der Waals surface area contributed by atoms with Gasteiger partial charge in [0.2, 0.25) is 0 Å². The molecule has 0 aliphatic carbocycles. The zero-order chi connectivity index (χ0) is 13.2. The van der Waals surface area contributed by atoms with Crippen LogP contribution in [0.15, 0.2) is 36.7 Å². The van der Waals surface area contributed by atoms with Gasteiger partial charge in [0.15, 0.2) is 11.5 Å². The van der Waals surface area contributed by atoms with Crippen molar-refractivity contribution in [2.75, 3.05) is 4.72 Å². The Morgan fingerprint density at radius 3 is 2.74 bits per heavy atom. The van der Waals surface area contributed by atoms with Crippen molar-refractivity contribution in [2.24, 2.45) is 0 Å². The Labute approximate surface area is 110 Å². The number of rotatable bonds is 3. The van der Waals surface area contributed by atoms with Gasteiger partial charge in [-0.3, -0.25) is 9.31 Å². The van der Waals surface area contributed by atoms with Gasteiger partial charge in [0.25, 0.3) is 0 Å². The largest absolute Gasteiger partial charge is 0.755 e. The highest BCUT2D eigenvalue weighted by atomic mass is 32.2. The van der Waals surface area contributed by atoms with E-state index in [0.29, 0.717) is 17.2 Å². The lowest BCUT2D eigenvalue weighted by Crippen LogP contribution is -2.01. The zero-order valence-electron chi connectivity index (χ0n) is 9.53. The van der Waals surface area contributed by atoms with Gasteiger partial charge >= 0.3 is 0 Å². The lowest BCUT2D eigenvalue weighted by atomic mass is 10.2. The molecule has 2 aromatic heterocycles. The lowest BCUT2D eigenvalue weighted by Gasteiger charge is -2.08. The molecule has 0 aliphatic rings. The minimum atomic E-state index is -2.33. The summed E-state index contributed by atoms with van der Waals surface area (Å²) in [6.07, 6.45) is 3.33. The lowest BCUT2D eigenvalue weighted by molar-refractivity contribution is 0.542. The molecule has 0 spiro atoms. The van der Waals surface area contributed by atoms with Crippen LogP contribution in [-0.4, -0.2) is 28.9 Å². The Bertz CT molecular complexity index is 740. The number of aromatic amines is 1. The first-order chi connectivity index (χ1) is 9.22. The normalized spacial score (nSPS) is 12.5. The van der Waals surface area contributed by atoms with Gasteiger partial charge in [-0.15, -0.1) is 0 Å². The molecule has 1 unspecified atom stereocenters. The Balaban J connectivity index is 1.94. The monoisotopic (exact) mass is 274 g/mol. The summed E-state index contributed by atoms with van der Waals surface area (Å²) in [5.74, 6) is 0.548. The first kappa shape index (κ1) is 11.8. The molecule has 7 nitrogen and oxygen atoms in total. The van der Waals surface area contributed by atoms with E-state index < -0.39 is 11.3 Å². The van der Waals surface area contributed by atoms with Crippen molar-refractivity contribution in [1.82, 2.24) is 20.2 Å². The second kappa shape index (κ2) is 4.75. The highest BCUT2D eigenvalue weighted by molar-refractivity contribution is 7.80. The number of H-pyrrole nitrogens is 1. The van der Waals surface area contributed by atoms with Crippen molar-refractivity contribution in [1.29, 1.82) is 0 Å². The third kappa shape index (κ3) is 2.44. The third-order valence-corrected chi connectivity index (χ3v) is 2.94. The van der Waals surface area contributed by atoms with Crippen molar-refractivity contribution in [2.45, 2.75) is 0 Å². The summed E-state index contributed by atoms with van der Waals surface area (Å²) in [6, 6.07) is 6.77. The van der Waals surface area contributed by atoms with Crippen molar-refractivity contribution < 1.29 is 8.76 Å². The molecule has 0 radical (unpaired) electrons. The predicted molar refractivity (Wildman–Crippen MR) is 69.7 cm³/mol. The van der Waals surface area contributed by atoms with Crippen LogP contribution in [0.5, 0.6) is 0 Å².